The molecule has 1 aromatic rings. The third-order valence-corrected chi connectivity index (χ3v) is 6.65. The van der Waals surface area contributed by atoms with Crippen molar-refractivity contribution in [3.05, 3.63) is 33.8 Å². The predicted molar refractivity (Wildman–Crippen MR) is 103 cm³/mol. The predicted octanol–water partition coefficient (Wildman–Crippen LogP) is 2.88. The van der Waals surface area contributed by atoms with E-state index in [2.05, 4.69) is 19.0 Å². The van der Waals surface area contributed by atoms with Gasteiger partial charge in [0.25, 0.3) is 12.4 Å². The van der Waals surface area contributed by atoms with Crippen LogP contribution < -0.4 is 0 Å². The summed E-state index contributed by atoms with van der Waals surface area (Å²) in [5.41, 5.74) is 0.339. The molecule has 148 valence electrons. The quantitative estimate of drug-likeness (QED) is 0.769. The molecule has 27 heavy (non-hydrogen) atoms. The third-order valence-electron chi connectivity index (χ3n) is 5.83. The zero-order chi connectivity index (χ0) is 19.8. The first-order valence-corrected chi connectivity index (χ1v) is 9.72. The van der Waals surface area contributed by atoms with E-state index < -0.39 is 0 Å². The molecule has 2 bridgehead atoms. The smallest absolute Gasteiger partial charge is 0.290 e. The largest absolute Gasteiger partial charge is 0.483 e. The van der Waals surface area contributed by atoms with Crippen molar-refractivity contribution in [1.82, 2.24) is 9.80 Å². The Morgan fingerprint density at radius 1 is 1.44 bits per heavy atom. The van der Waals surface area contributed by atoms with Crippen LogP contribution in [0.3, 0.4) is 0 Å². The lowest BCUT2D eigenvalue weighted by molar-refractivity contribution is -0.122. The molecule has 0 unspecified atom stereocenters. The van der Waals surface area contributed by atoms with Crippen LogP contribution in [0, 0.1) is 11.8 Å². The van der Waals surface area contributed by atoms with Crippen LogP contribution in [0.4, 0.5) is 0 Å². The van der Waals surface area contributed by atoms with E-state index in [-0.39, 0.29) is 18.0 Å². The topological polar surface area (TPSA) is 70.1 Å². The second-order valence-electron chi connectivity index (χ2n) is 7.68. The molecular formula is C19H24Cl2N2O4. The molecule has 4 atom stereocenters. The van der Waals surface area contributed by atoms with Gasteiger partial charge in [0.2, 0.25) is 0 Å². The van der Waals surface area contributed by atoms with Gasteiger partial charge < -0.3 is 19.6 Å². The maximum Gasteiger partial charge on any atom is 0.290 e. The van der Waals surface area contributed by atoms with E-state index in [0.29, 0.717) is 40.1 Å². The minimum absolute atomic E-state index is 0.0399. The Bertz CT molecular complexity index is 730. The number of hydrogen-bond acceptors (Lipinski definition) is 4. The van der Waals surface area contributed by atoms with Crippen molar-refractivity contribution in [1.29, 1.82) is 0 Å². The Balaban J connectivity index is 0.000000659. The summed E-state index contributed by atoms with van der Waals surface area (Å²) >= 11 is 12.3. The molecule has 1 aromatic carbocycles. The molecule has 4 rings (SSSR count). The molecule has 1 amide bonds. The Labute approximate surface area is 169 Å². The van der Waals surface area contributed by atoms with E-state index in [4.69, 9.17) is 37.8 Å². The number of fused-ring (bicyclic) bond motifs is 1. The fraction of sp³-hybridized carbons (Fsp3) is 0.579. The van der Waals surface area contributed by atoms with Crippen LogP contribution in [-0.2, 0) is 9.53 Å². The van der Waals surface area contributed by atoms with Crippen molar-refractivity contribution in [2.75, 3.05) is 33.7 Å². The van der Waals surface area contributed by atoms with E-state index in [9.17, 15) is 4.79 Å². The number of carboxylic acid groups (broad SMARTS) is 1. The van der Waals surface area contributed by atoms with Crippen molar-refractivity contribution in [3.8, 4) is 0 Å². The number of amides is 1. The molecule has 3 fully saturated rings. The van der Waals surface area contributed by atoms with Crippen molar-refractivity contribution >= 4 is 35.6 Å². The maximum absolute atomic E-state index is 13.0. The summed E-state index contributed by atoms with van der Waals surface area (Å²) in [6.45, 7) is 2.17. The number of hydrogen-bond donors (Lipinski definition) is 1. The van der Waals surface area contributed by atoms with Crippen molar-refractivity contribution in [2.45, 2.75) is 24.5 Å². The molecule has 3 heterocycles. The minimum atomic E-state index is -0.250. The van der Waals surface area contributed by atoms with Crippen LogP contribution in [0.5, 0.6) is 0 Å². The zero-order valence-corrected chi connectivity index (χ0v) is 16.9. The Kier molecular flexibility index (Phi) is 6.01. The van der Waals surface area contributed by atoms with Gasteiger partial charge >= 0.3 is 0 Å². The summed E-state index contributed by atoms with van der Waals surface area (Å²) < 4.78 is 6.39. The molecular weight excluding hydrogens is 391 g/mol. The second-order valence-corrected chi connectivity index (χ2v) is 8.47. The van der Waals surface area contributed by atoms with E-state index in [0.717, 1.165) is 25.9 Å². The molecule has 0 saturated carbocycles. The number of nitrogens with zero attached hydrogens (tertiary/aromatic N) is 2. The summed E-state index contributed by atoms with van der Waals surface area (Å²) in [5, 5.41) is 7.65. The van der Waals surface area contributed by atoms with E-state index in [1.54, 1.807) is 18.2 Å². The first kappa shape index (κ1) is 20.4. The van der Waals surface area contributed by atoms with Crippen LogP contribution in [0.1, 0.15) is 23.2 Å². The normalized spacial score (nSPS) is 30.9. The molecule has 0 aromatic heterocycles. The first-order chi connectivity index (χ1) is 12.8. The number of ether oxygens (including phenoxy) is 1. The van der Waals surface area contributed by atoms with Crippen LogP contribution in [0.25, 0.3) is 0 Å². The number of rotatable bonds is 3. The van der Waals surface area contributed by atoms with Gasteiger partial charge in [0, 0.05) is 24.9 Å². The maximum atomic E-state index is 13.0. The average Bonchev–Trinajstić information content (AvgIpc) is 3.27. The first-order valence-electron chi connectivity index (χ1n) is 8.96. The van der Waals surface area contributed by atoms with Gasteiger partial charge in [0.05, 0.1) is 33.9 Å². The lowest BCUT2D eigenvalue weighted by Crippen LogP contribution is -2.40. The van der Waals surface area contributed by atoms with Gasteiger partial charge in [-0.25, -0.2) is 0 Å². The minimum Gasteiger partial charge on any atom is -0.483 e. The highest BCUT2D eigenvalue weighted by Crippen LogP contribution is 2.55. The number of carbonyl (C=O) groups excluding carboxylic acids is 1. The average molecular weight is 415 g/mol. The summed E-state index contributed by atoms with van der Waals surface area (Å²) in [5.74, 6) is 0.879. The monoisotopic (exact) mass is 414 g/mol. The number of halogens is 2. The highest BCUT2D eigenvalue weighted by molar-refractivity contribution is 6.43. The highest BCUT2D eigenvalue weighted by Gasteiger charge is 2.63. The van der Waals surface area contributed by atoms with Crippen molar-refractivity contribution in [2.24, 2.45) is 11.8 Å². The van der Waals surface area contributed by atoms with Gasteiger partial charge in [-0.15, -0.1) is 0 Å². The van der Waals surface area contributed by atoms with Gasteiger partial charge in [0.1, 0.15) is 0 Å². The third kappa shape index (κ3) is 3.68. The molecule has 1 spiro atoms. The number of carbonyl (C=O) groups is 2. The summed E-state index contributed by atoms with van der Waals surface area (Å²) in [7, 11) is 4.20. The summed E-state index contributed by atoms with van der Waals surface area (Å²) in [6.07, 6.45) is 2.51. The highest BCUT2D eigenvalue weighted by atomic mass is 35.5. The van der Waals surface area contributed by atoms with Crippen molar-refractivity contribution in [3.63, 3.8) is 0 Å². The molecule has 0 aliphatic carbocycles. The van der Waals surface area contributed by atoms with Gasteiger partial charge in [-0.1, -0.05) is 29.3 Å². The molecule has 1 N–H and O–H groups in total. The van der Waals surface area contributed by atoms with E-state index >= 15 is 0 Å². The SMILES string of the molecule is CN(C)C[C@H]1[C@H]2CN(C(=O)c3cccc(Cl)c3Cl)C[C@]23CC[C@H]1O3.O=CO. The molecule has 6 nitrogen and oxygen atoms in total. The Morgan fingerprint density at radius 2 is 2.15 bits per heavy atom. The van der Waals surface area contributed by atoms with Crippen LogP contribution in [0.15, 0.2) is 18.2 Å². The van der Waals surface area contributed by atoms with Gasteiger partial charge in [-0.05, 0) is 39.1 Å². The van der Waals surface area contributed by atoms with E-state index in [1.165, 1.54) is 0 Å². The molecule has 8 heteroatoms. The lowest BCUT2D eigenvalue weighted by Gasteiger charge is -2.30. The number of likely N-dealkylation sites (tertiary alicyclic amines) is 1. The molecule has 0 radical (unpaired) electrons. The van der Waals surface area contributed by atoms with Crippen molar-refractivity contribution < 1.29 is 19.4 Å². The number of benzene rings is 1. The summed E-state index contributed by atoms with van der Waals surface area (Å²) in [4.78, 5) is 25.5. The van der Waals surface area contributed by atoms with Crippen LogP contribution >= 0.6 is 23.2 Å². The second kappa shape index (κ2) is 7.95. The Morgan fingerprint density at radius 3 is 2.81 bits per heavy atom. The van der Waals surface area contributed by atoms with Gasteiger partial charge in [-0.3, -0.25) is 9.59 Å². The standard InChI is InChI=1S/C18H22Cl2N2O2.CH2O2/c1-21(2)8-12-13-9-22(10-18(13)7-6-15(12)24-18)17(23)11-4-3-5-14(19)16(11)20;2-1-3/h3-5,12-13,15H,6-10H2,1-2H3;1H,(H,2,3)/t12-,13+,15+,18+;/m0./s1. The fourth-order valence-corrected chi connectivity index (χ4v) is 5.23. The van der Waals surface area contributed by atoms with Gasteiger partial charge in [-0.2, -0.15) is 0 Å². The van der Waals surface area contributed by atoms with Crippen LogP contribution in [0.2, 0.25) is 10.0 Å². The van der Waals surface area contributed by atoms with Crippen LogP contribution in [-0.4, -0.2) is 72.7 Å². The molecule has 3 aliphatic rings. The molecule has 3 aliphatic heterocycles. The van der Waals surface area contributed by atoms with Gasteiger partial charge in [0.15, 0.2) is 0 Å². The summed E-state index contributed by atoms with van der Waals surface area (Å²) in [6, 6.07) is 5.22. The zero-order valence-electron chi connectivity index (χ0n) is 15.4. The lowest BCUT2D eigenvalue weighted by atomic mass is 9.73. The van der Waals surface area contributed by atoms with E-state index in [1.807, 2.05) is 4.90 Å². The molecule has 3 saturated heterocycles. The fourth-order valence-electron chi connectivity index (χ4n) is 4.85. The Hall–Kier alpha value is -1.34.